The number of benzene rings is 2. The molecule has 0 saturated heterocycles. The van der Waals surface area contributed by atoms with Crippen molar-refractivity contribution in [1.29, 1.82) is 0 Å². The van der Waals surface area contributed by atoms with Crippen molar-refractivity contribution in [2.75, 3.05) is 14.2 Å². The van der Waals surface area contributed by atoms with E-state index >= 15 is 0 Å². The maximum absolute atomic E-state index is 5.19. The monoisotopic (exact) mass is 617 g/mol. The molecule has 1 fully saturated rings. The van der Waals surface area contributed by atoms with Gasteiger partial charge < -0.3 is 14.5 Å². The average Bonchev–Trinajstić information content (AvgIpc) is 2.98. The van der Waals surface area contributed by atoms with E-state index in [2.05, 4.69) is 55.3 Å². The number of aliphatic imine (C=N–C) groups is 1. The van der Waals surface area contributed by atoms with Crippen LogP contribution in [0.5, 0.6) is 11.5 Å². The Bertz CT molecular complexity index is 764. The summed E-state index contributed by atoms with van der Waals surface area (Å²) in [5, 5.41) is 0. The van der Waals surface area contributed by atoms with Gasteiger partial charge >= 0.3 is 27.5 Å². The Labute approximate surface area is 203 Å². The molecule has 2 aromatic rings. The fourth-order valence-corrected chi connectivity index (χ4v) is 3.10. The number of nitrogens with zero attached hydrogens (tertiary/aromatic N) is 1. The van der Waals surface area contributed by atoms with Gasteiger partial charge in [-0.2, -0.15) is 0 Å². The first kappa shape index (κ1) is 27.7. The van der Waals surface area contributed by atoms with Crippen LogP contribution in [0.4, 0.5) is 5.69 Å². The molecule has 5 heteroatoms. The van der Waals surface area contributed by atoms with Gasteiger partial charge in [0.2, 0.25) is 0 Å². The Morgan fingerprint density at radius 1 is 0.774 bits per heavy atom. The molecule has 1 aliphatic rings. The molecule has 0 atom stereocenters. The van der Waals surface area contributed by atoms with E-state index in [-0.39, 0.29) is 0 Å². The quantitative estimate of drug-likeness (QED) is 0.267. The van der Waals surface area contributed by atoms with Crippen molar-refractivity contribution in [3.63, 3.8) is 0 Å². The second-order valence-electron chi connectivity index (χ2n) is 7.16. The third-order valence-electron chi connectivity index (χ3n) is 5.58. The summed E-state index contributed by atoms with van der Waals surface area (Å²) in [5.74, 6) is 8.97. The van der Waals surface area contributed by atoms with Crippen LogP contribution < -0.4 is 9.47 Å². The summed E-state index contributed by atoms with van der Waals surface area (Å²) in [6.45, 7) is 12.9. The molecule has 1 aliphatic carbocycles. The molecule has 167 valence electrons. The van der Waals surface area contributed by atoms with E-state index in [4.69, 9.17) is 9.47 Å². The molecule has 0 N–H and O–H groups in total. The molecule has 2 aromatic carbocycles. The minimum absolute atomic E-state index is 0.804. The van der Waals surface area contributed by atoms with Crippen molar-refractivity contribution < 1.29 is 27.4 Å². The molecule has 31 heavy (non-hydrogen) atoms. The molecule has 0 spiro atoms. The van der Waals surface area contributed by atoms with Gasteiger partial charge in [0.25, 0.3) is 0 Å². The van der Waals surface area contributed by atoms with Crippen LogP contribution in [0.1, 0.15) is 47.1 Å². The molecular formula is C26H31ClIrNO2+. The zero-order chi connectivity index (χ0) is 23.6. The van der Waals surface area contributed by atoms with E-state index in [0.29, 0.717) is 0 Å². The Morgan fingerprint density at radius 3 is 1.65 bits per heavy atom. The molecule has 0 amide bonds. The Hall–Kier alpha value is -1.35. The average molecular weight is 617 g/mol. The van der Waals surface area contributed by atoms with Gasteiger partial charge in [-0.25, -0.2) is 0 Å². The Balaban J connectivity index is 0.000000337. The van der Waals surface area contributed by atoms with E-state index < -0.39 is 0 Å². The van der Waals surface area contributed by atoms with Crippen LogP contribution in [0, 0.1) is 35.7 Å². The standard InChI is InChI=1S/C16H16NO2.C10H15.ClH.Ir/c1-12(13-5-4-6-16(11-13)19-3)17-14-7-9-15(18-2)10-8-14;1-6-7(2)9(4)10(5)8(6)3;;/h4,6-11H,1-3H3;1-5H3;1H;/q-1;;;+3/p-1. The molecular weight excluding hydrogens is 586 g/mol. The van der Waals surface area contributed by atoms with Crippen molar-refractivity contribution in [2.45, 2.75) is 41.5 Å². The number of hydrogen-bond donors (Lipinski definition) is 0. The van der Waals surface area contributed by atoms with Crippen molar-refractivity contribution in [3.05, 3.63) is 83.7 Å². The van der Waals surface area contributed by atoms with Crippen molar-refractivity contribution >= 4 is 21.0 Å². The second-order valence-corrected chi connectivity index (χ2v) is 7.16. The van der Waals surface area contributed by atoms with E-state index in [1.54, 1.807) is 14.2 Å². The van der Waals surface area contributed by atoms with Crippen LogP contribution in [0.15, 0.2) is 47.5 Å². The topological polar surface area (TPSA) is 30.8 Å². The zero-order valence-electron chi connectivity index (χ0n) is 19.5. The third kappa shape index (κ3) is 7.93. The summed E-state index contributed by atoms with van der Waals surface area (Å²) in [6.07, 6.45) is 0. The maximum atomic E-state index is 5.19. The van der Waals surface area contributed by atoms with Crippen molar-refractivity contribution in [2.24, 2.45) is 4.99 Å². The number of hydrogen-bond acceptors (Lipinski definition) is 3. The van der Waals surface area contributed by atoms with Gasteiger partial charge in [-0.05, 0) is 59.6 Å². The summed E-state index contributed by atoms with van der Waals surface area (Å²) in [4.78, 5) is 4.55. The van der Waals surface area contributed by atoms with Gasteiger partial charge in [0.05, 0.1) is 19.9 Å². The number of halogens is 1. The Kier molecular flexibility index (Phi) is 12.4. The van der Waals surface area contributed by atoms with Gasteiger partial charge in [-0.1, -0.05) is 41.5 Å². The van der Waals surface area contributed by atoms with E-state index in [1.165, 1.54) is 47.5 Å². The predicted molar refractivity (Wildman–Crippen MR) is 127 cm³/mol. The molecule has 3 nitrogen and oxygen atoms in total. The fourth-order valence-electron chi connectivity index (χ4n) is 3.10. The van der Waals surface area contributed by atoms with Crippen molar-refractivity contribution in [1.82, 2.24) is 0 Å². The fraction of sp³-hybridized carbons (Fsp3) is 0.308. The van der Waals surface area contributed by atoms with Gasteiger partial charge in [-0.3, -0.25) is 0 Å². The van der Waals surface area contributed by atoms with Gasteiger partial charge in [0, 0.05) is 5.75 Å². The summed E-state index contributed by atoms with van der Waals surface area (Å²) >= 11 is 1.47. The molecule has 0 bridgehead atoms. The number of rotatable bonds is 4. The van der Waals surface area contributed by atoms with E-state index in [1.807, 2.05) is 49.4 Å². The van der Waals surface area contributed by atoms with Crippen LogP contribution in [0.2, 0.25) is 0 Å². The third-order valence-corrected chi connectivity index (χ3v) is 5.58. The summed E-state index contributed by atoms with van der Waals surface area (Å²) in [5.41, 5.74) is 2.70. The van der Waals surface area contributed by atoms with Gasteiger partial charge in [-0.15, -0.1) is 29.8 Å². The zero-order valence-corrected chi connectivity index (χ0v) is 22.7. The second kappa shape index (κ2) is 13.9. The van der Waals surface area contributed by atoms with Crippen LogP contribution in [0.3, 0.4) is 0 Å². The van der Waals surface area contributed by atoms with Crippen LogP contribution in [-0.2, 0) is 17.9 Å². The van der Waals surface area contributed by atoms with Crippen LogP contribution in [-0.4, -0.2) is 19.9 Å². The molecule has 1 saturated carbocycles. The normalized spacial score (nSPS) is 16.3. The molecule has 5 radical (unpaired) electrons. The van der Waals surface area contributed by atoms with E-state index in [0.717, 1.165) is 28.5 Å². The molecule has 0 aliphatic heterocycles. The predicted octanol–water partition coefficient (Wildman–Crippen LogP) is 7.30. The SMILES string of the molecule is COc1ccc(N=C(C)c2[c-]ccc(OC)c2)cc1.C[C]1[C](C)[C](C)[C](C)[C]1C.[Cl][Ir+2]. The summed E-state index contributed by atoms with van der Waals surface area (Å²) < 4.78 is 10.3. The first-order valence-corrected chi connectivity index (χ1v) is 12.8. The molecule has 0 unspecified atom stereocenters. The molecule has 0 aromatic heterocycles. The summed E-state index contributed by atoms with van der Waals surface area (Å²) in [7, 11) is 7.93. The number of ether oxygens (including phenoxy) is 2. The molecule has 3 rings (SSSR count). The minimum atomic E-state index is 0.804. The van der Waals surface area contributed by atoms with Crippen LogP contribution >= 0.6 is 9.58 Å². The van der Waals surface area contributed by atoms with Gasteiger partial charge in [0.15, 0.2) is 0 Å². The Morgan fingerprint density at radius 2 is 1.23 bits per heavy atom. The number of methoxy groups -OCH3 is 2. The summed E-state index contributed by atoms with van der Waals surface area (Å²) in [6, 6.07) is 16.4. The first-order valence-electron chi connectivity index (χ1n) is 9.86. The first-order chi connectivity index (χ1) is 14.8. The molecule has 0 heterocycles. The van der Waals surface area contributed by atoms with Crippen LogP contribution in [0.25, 0.3) is 0 Å². The van der Waals surface area contributed by atoms with E-state index in [9.17, 15) is 0 Å². The van der Waals surface area contributed by atoms with Crippen molar-refractivity contribution in [3.8, 4) is 11.5 Å². The van der Waals surface area contributed by atoms with Gasteiger partial charge in [0.1, 0.15) is 5.75 Å².